The molecule has 2 aromatic rings. The predicted molar refractivity (Wildman–Crippen MR) is 69.8 cm³/mol. The molecule has 1 aromatic carbocycles. The normalized spacial score (nSPS) is 9.74. The van der Waals surface area contributed by atoms with Gasteiger partial charge in [-0.3, -0.25) is 0 Å². The van der Waals surface area contributed by atoms with Crippen molar-refractivity contribution in [1.29, 1.82) is 5.26 Å². The fourth-order valence-corrected chi connectivity index (χ4v) is 1.60. The van der Waals surface area contributed by atoms with Crippen LogP contribution in [0.1, 0.15) is 12.6 Å². The molecular weight excluding hydrogens is 245 g/mol. The minimum Gasteiger partial charge on any atom is -0.491 e. The van der Waals surface area contributed by atoms with Gasteiger partial charge in [0.1, 0.15) is 6.07 Å². The maximum atomic E-state index is 13.7. The lowest BCUT2D eigenvalue weighted by atomic mass is 10.2. The second kappa shape index (κ2) is 5.83. The summed E-state index contributed by atoms with van der Waals surface area (Å²) >= 11 is 0. The van der Waals surface area contributed by atoms with Crippen LogP contribution in [0, 0.1) is 17.1 Å². The van der Waals surface area contributed by atoms with Crippen molar-refractivity contribution in [1.82, 2.24) is 4.98 Å². The summed E-state index contributed by atoms with van der Waals surface area (Å²) in [6.45, 7) is 2.20. The number of nitriles is 1. The van der Waals surface area contributed by atoms with Crippen molar-refractivity contribution in [3.8, 4) is 11.8 Å². The number of anilines is 2. The molecule has 0 radical (unpaired) electrons. The molecule has 1 heterocycles. The fourth-order valence-electron chi connectivity index (χ4n) is 1.60. The monoisotopic (exact) mass is 257 g/mol. The van der Waals surface area contributed by atoms with Crippen LogP contribution in [0.15, 0.2) is 36.5 Å². The van der Waals surface area contributed by atoms with Crippen LogP contribution in [0.25, 0.3) is 0 Å². The van der Waals surface area contributed by atoms with Crippen LogP contribution in [0.3, 0.4) is 0 Å². The molecule has 0 atom stereocenters. The average molecular weight is 257 g/mol. The third kappa shape index (κ3) is 2.99. The summed E-state index contributed by atoms with van der Waals surface area (Å²) in [6.07, 6.45) is 1.53. The Labute approximate surface area is 110 Å². The Morgan fingerprint density at radius 1 is 1.42 bits per heavy atom. The van der Waals surface area contributed by atoms with Gasteiger partial charge in [0.15, 0.2) is 17.3 Å². The largest absolute Gasteiger partial charge is 0.491 e. The minimum absolute atomic E-state index is 0.208. The Bertz CT molecular complexity index is 622. The molecule has 2 rings (SSSR count). The SMILES string of the molecule is CCOc1ccc(Nc2cccnc2C#N)cc1F. The summed E-state index contributed by atoms with van der Waals surface area (Å²) in [4.78, 5) is 3.92. The number of benzene rings is 1. The second-order valence-corrected chi connectivity index (χ2v) is 3.71. The quantitative estimate of drug-likeness (QED) is 0.913. The van der Waals surface area contributed by atoms with Gasteiger partial charge in [0.05, 0.1) is 12.3 Å². The van der Waals surface area contributed by atoms with Gasteiger partial charge in [0, 0.05) is 18.0 Å². The number of hydrogen-bond donors (Lipinski definition) is 1. The van der Waals surface area contributed by atoms with E-state index in [2.05, 4.69) is 10.3 Å². The van der Waals surface area contributed by atoms with Gasteiger partial charge >= 0.3 is 0 Å². The van der Waals surface area contributed by atoms with Crippen LogP contribution in [0.4, 0.5) is 15.8 Å². The van der Waals surface area contributed by atoms with E-state index in [0.717, 1.165) is 0 Å². The summed E-state index contributed by atoms with van der Waals surface area (Å²) in [6, 6.07) is 9.93. The van der Waals surface area contributed by atoms with Gasteiger partial charge in [-0.2, -0.15) is 5.26 Å². The third-order valence-corrected chi connectivity index (χ3v) is 2.42. The Hall–Kier alpha value is -2.61. The van der Waals surface area contributed by atoms with E-state index in [1.165, 1.54) is 12.3 Å². The van der Waals surface area contributed by atoms with Crippen molar-refractivity contribution >= 4 is 11.4 Å². The van der Waals surface area contributed by atoms with Gasteiger partial charge in [-0.15, -0.1) is 0 Å². The maximum absolute atomic E-state index is 13.7. The summed E-state index contributed by atoms with van der Waals surface area (Å²) in [5.41, 5.74) is 1.33. The minimum atomic E-state index is -0.450. The summed E-state index contributed by atoms with van der Waals surface area (Å²) in [5, 5.41) is 11.9. The van der Waals surface area contributed by atoms with Gasteiger partial charge in [-0.1, -0.05) is 0 Å². The van der Waals surface area contributed by atoms with E-state index in [9.17, 15) is 4.39 Å². The summed E-state index contributed by atoms with van der Waals surface area (Å²) in [7, 11) is 0. The number of pyridine rings is 1. The van der Waals surface area contributed by atoms with Crippen LogP contribution in [-0.4, -0.2) is 11.6 Å². The Kier molecular flexibility index (Phi) is 3.94. The molecule has 4 nitrogen and oxygen atoms in total. The van der Waals surface area contributed by atoms with Gasteiger partial charge in [0.2, 0.25) is 0 Å². The van der Waals surface area contributed by atoms with Crippen LogP contribution in [-0.2, 0) is 0 Å². The van der Waals surface area contributed by atoms with Gasteiger partial charge in [-0.25, -0.2) is 9.37 Å². The summed E-state index contributed by atoms with van der Waals surface area (Å²) in [5.74, 6) is -0.242. The van der Waals surface area contributed by atoms with Crippen molar-refractivity contribution in [2.24, 2.45) is 0 Å². The van der Waals surface area contributed by atoms with Crippen LogP contribution < -0.4 is 10.1 Å². The van der Waals surface area contributed by atoms with E-state index in [-0.39, 0.29) is 11.4 Å². The number of hydrogen-bond acceptors (Lipinski definition) is 4. The number of aromatic nitrogens is 1. The molecule has 0 unspecified atom stereocenters. The molecule has 0 amide bonds. The Morgan fingerprint density at radius 2 is 2.26 bits per heavy atom. The molecule has 0 saturated carbocycles. The zero-order chi connectivity index (χ0) is 13.7. The highest BCUT2D eigenvalue weighted by atomic mass is 19.1. The first kappa shape index (κ1) is 12.8. The molecule has 1 N–H and O–H groups in total. The molecule has 0 fully saturated rings. The highest BCUT2D eigenvalue weighted by Gasteiger charge is 2.06. The van der Waals surface area contributed by atoms with Crippen molar-refractivity contribution in [3.63, 3.8) is 0 Å². The lowest BCUT2D eigenvalue weighted by Crippen LogP contribution is -1.98. The highest BCUT2D eigenvalue weighted by Crippen LogP contribution is 2.24. The van der Waals surface area contributed by atoms with Gasteiger partial charge in [-0.05, 0) is 31.2 Å². The number of nitrogens with zero attached hydrogens (tertiary/aromatic N) is 2. The first-order chi connectivity index (χ1) is 9.24. The van der Waals surface area contributed by atoms with Crippen LogP contribution in [0.2, 0.25) is 0 Å². The van der Waals surface area contributed by atoms with Crippen LogP contribution in [0.5, 0.6) is 5.75 Å². The molecule has 0 spiro atoms. The van der Waals surface area contributed by atoms with Gasteiger partial charge in [0.25, 0.3) is 0 Å². The topological polar surface area (TPSA) is 57.9 Å². The van der Waals surface area contributed by atoms with E-state index in [0.29, 0.717) is 18.0 Å². The van der Waals surface area contributed by atoms with E-state index < -0.39 is 5.82 Å². The number of halogens is 1. The van der Waals surface area contributed by atoms with Gasteiger partial charge < -0.3 is 10.1 Å². The zero-order valence-electron chi connectivity index (χ0n) is 10.4. The third-order valence-electron chi connectivity index (χ3n) is 2.42. The molecule has 5 heteroatoms. The molecule has 1 aromatic heterocycles. The molecular formula is C14H12FN3O. The Morgan fingerprint density at radius 3 is 2.95 bits per heavy atom. The number of ether oxygens (including phenoxy) is 1. The molecule has 0 bridgehead atoms. The molecule has 96 valence electrons. The average Bonchev–Trinajstić information content (AvgIpc) is 2.43. The molecule has 0 aliphatic carbocycles. The maximum Gasteiger partial charge on any atom is 0.167 e. The highest BCUT2D eigenvalue weighted by molar-refractivity contribution is 5.64. The molecule has 0 aliphatic heterocycles. The molecule has 19 heavy (non-hydrogen) atoms. The van der Waals surface area contributed by atoms with Crippen molar-refractivity contribution in [3.05, 3.63) is 48.0 Å². The smallest absolute Gasteiger partial charge is 0.167 e. The Balaban J connectivity index is 2.24. The van der Waals surface area contributed by atoms with E-state index >= 15 is 0 Å². The zero-order valence-corrected chi connectivity index (χ0v) is 10.4. The number of nitrogens with one attached hydrogen (secondary N) is 1. The molecule has 0 aliphatic rings. The first-order valence-electron chi connectivity index (χ1n) is 5.79. The van der Waals surface area contributed by atoms with Crippen molar-refractivity contribution < 1.29 is 9.13 Å². The second-order valence-electron chi connectivity index (χ2n) is 3.71. The number of rotatable bonds is 4. The van der Waals surface area contributed by atoms with E-state index in [1.54, 1.807) is 31.2 Å². The first-order valence-corrected chi connectivity index (χ1v) is 5.79. The van der Waals surface area contributed by atoms with E-state index in [4.69, 9.17) is 10.00 Å². The fraction of sp³-hybridized carbons (Fsp3) is 0.143. The molecule has 0 saturated heterocycles. The van der Waals surface area contributed by atoms with Crippen LogP contribution >= 0.6 is 0 Å². The van der Waals surface area contributed by atoms with Crippen molar-refractivity contribution in [2.45, 2.75) is 6.92 Å². The van der Waals surface area contributed by atoms with Crippen molar-refractivity contribution in [2.75, 3.05) is 11.9 Å². The van der Waals surface area contributed by atoms with E-state index in [1.807, 2.05) is 6.07 Å². The standard InChI is InChI=1S/C14H12FN3O/c1-2-19-14-6-5-10(8-11(14)15)18-12-4-3-7-17-13(12)9-16/h3-8,18H,2H2,1H3. The summed E-state index contributed by atoms with van der Waals surface area (Å²) < 4.78 is 18.8. The lowest BCUT2D eigenvalue weighted by molar-refractivity contribution is 0.321. The predicted octanol–water partition coefficient (Wildman–Crippen LogP) is 3.23. The lowest BCUT2D eigenvalue weighted by Gasteiger charge is -2.09.